The van der Waals surface area contributed by atoms with Crippen LogP contribution in [0.4, 0.5) is 0 Å². The summed E-state index contributed by atoms with van der Waals surface area (Å²) in [6, 6.07) is 12.4. The number of H-pyrrole nitrogens is 1. The molecule has 112 valence electrons. The second-order valence-electron chi connectivity index (χ2n) is 5.19. The van der Waals surface area contributed by atoms with Crippen molar-refractivity contribution in [2.24, 2.45) is 0 Å². The Hall–Kier alpha value is -2.27. The molecule has 2 aromatic heterocycles. The molecule has 0 spiro atoms. The van der Waals surface area contributed by atoms with Crippen LogP contribution in [-0.2, 0) is 6.42 Å². The van der Waals surface area contributed by atoms with Gasteiger partial charge in [-0.2, -0.15) is 5.10 Å². The summed E-state index contributed by atoms with van der Waals surface area (Å²) in [5, 5.41) is 7.23. The lowest BCUT2D eigenvalue weighted by atomic mass is 10.1. The van der Waals surface area contributed by atoms with Gasteiger partial charge in [-0.15, -0.1) is 0 Å². The molecule has 0 fully saturated rings. The van der Waals surface area contributed by atoms with Crippen LogP contribution < -0.4 is 0 Å². The molecular formula is C17H18N4S. The van der Waals surface area contributed by atoms with E-state index in [0.29, 0.717) is 4.77 Å². The summed E-state index contributed by atoms with van der Waals surface area (Å²) in [6.07, 6.45) is 7.05. The number of unbranched alkanes of at least 4 members (excludes halogenated alkanes) is 1. The molecule has 0 aliphatic carbocycles. The molecule has 0 unspecified atom stereocenters. The Balaban J connectivity index is 1.98. The first-order valence-electron chi connectivity index (χ1n) is 7.46. The minimum Gasteiger partial charge on any atom is -0.268 e. The van der Waals surface area contributed by atoms with E-state index < -0.39 is 0 Å². The normalized spacial score (nSPS) is 10.8. The number of aromatic amines is 1. The fourth-order valence-corrected chi connectivity index (χ4v) is 2.66. The summed E-state index contributed by atoms with van der Waals surface area (Å²) in [7, 11) is 0. The molecule has 1 aromatic carbocycles. The van der Waals surface area contributed by atoms with Crippen molar-refractivity contribution in [3.8, 4) is 17.1 Å². The number of rotatable bonds is 5. The van der Waals surface area contributed by atoms with Crippen LogP contribution in [-0.4, -0.2) is 19.7 Å². The van der Waals surface area contributed by atoms with Crippen molar-refractivity contribution in [3.05, 3.63) is 59.1 Å². The molecule has 0 bridgehead atoms. The summed E-state index contributed by atoms with van der Waals surface area (Å²) in [5.74, 6) is 0.800. The Bertz CT molecular complexity index is 788. The zero-order valence-electron chi connectivity index (χ0n) is 12.5. The number of hydrogen-bond acceptors (Lipinski definition) is 3. The third kappa shape index (κ3) is 2.99. The Kier molecular flexibility index (Phi) is 4.44. The van der Waals surface area contributed by atoms with Crippen molar-refractivity contribution in [1.29, 1.82) is 0 Å². The molecule has 0 amide bonds. The fourth-order valence-electron chi connectivity index (χ4n) is 2.42. The maximum Gasteiger partial charge on any atom is 0.200 e. The van der Waals surface area contributed by atoms with Crippen molar-refractivity contribution in [3.63, 3.8) is 0 Å². The van der Waals surface area contributed by atoms with Gasteiger partial charge in [-0.3, -0.25) is 14.6 Å². The number of hydrogen-bond donors (Lipinski definition) is 1. The van der Waals surface area contributed by atoms with Crippen molar-refractivity contribution in [1.82, 2.24) is 19.7 Å². The largest absolute Gasteiger partial charge is 0.268 e. The topological polar surface area (TPSA) is 46.5 Å². The molecule has 0 aliphatic rings. The van der Waals surface area contributed by atoms with E-state index >= 15 is 0 Å². The number of benzene rings is 1. The first-order chi connectivity index (χ1) is 10.8. The molecule has 0 atom stereocenters. The predicted octanol–water partition coefficient (Wildman–Crippen LogP) is 4.33. The van der Waals surface area contributed by atoms with Crippen LogP contribution in [0.15, 0.2) is 48.8 Å². The van der Waals surface area contributed by atoms with Gasteiger partial charge in [0.15, 0.2) is 10.6 Å². The highest BCUT2D eigenvalue weighted by Gasteiger charge is 2.10. The minimum atomic E-state index is 0.591. The van der Waals surface area contributed by atoms with Gasteiger partial charge < -0.3 is 0 Å². The van der Waals surface area contributed by atoms with Crippen LogP contribution in [0, 0.1) is 4.77 Å². The van der Waals surface area contributed by atoms with Gasteiger partial charge >= 0.3 is 0 Å². The van der Waals surface area contributed by atoms with Gasteiger partial charge in [0.1, 0.15) is 0 Å². The van der Waals surface area contributed by atoms with Crippen molar-refractivity contribution < 1.29 is 0 Å². The smallest absolute Gasteiger partial charge is 0.200 e. The molecule has 22 heavy (non-hydrogen) atoms. The van der Waals surface area contributed by atoms with Gasteiger partial charge in [-0.25, -0.2) is 0 Å². The molecule has 0 aliphatic heterocycles. The van der Waals surface area contributed by atoms with Crippen LogP contribution in [0.2, 0.25) is 0 Å². The van der Waals surface area contributed by atoms with Crippen molar-refractivity contribution in [2.45, 2.75) is 26.2 Å². The standard InChI is InChI=1S/C17H18N4S/c1-2-3-4-13-5-7-15(8-6-13)21-16(19-20-17(21)22)14-9-11-18-12-10-14/h5-12H,2-4H2,1H3,(H,20,22). The van der Waals surface area contributed by atoms with E-state index in [4.69, 9.17) is 12.2 Å². The quantitative estimate of drug-likeness (QED) is 0.713. The van der Waals surface area contributed by atoms with E-state index in [1.807, 2.05) is 16.7 Å². The van der Waals surface area contributed by atoms with Gasteiger partial charge in [0, 0.05) is 23.6 Å². The van der Waals surface area contributed by atoms with Gasteiger partial charge in [0.05, 0.1) is 0 Å². The highest BCUT2D eigenvalue weighted by Crippen LogP contribution is 2.21. The Morgan fingerprint density at radius 2 is 1.82 bits per heavy atom. The first-order valence-corrected chi connectivity index (χ1v) is 7.87. The molecule has 3 aromatic rings. The molecule has 2 heterocycles. The van der Waals surface area contributed by atoms with E-state index in [-0.39, 0.29) is 0 Å². The van der Waals surface area contributed by atoms with Crippen LogP contribution in [0.3, 0.4) is 0 Å². The zero-order chi connectivity index (χ0) is 15.4. The van der Waals surface area contributed by atoms with E-state index in [9.17, 15) is 0 Å². The summed E-state index contributed by atoms with van der Waals surface area (Å²) in [6.45, 7) is 2.21. The van der Waals surface area contributed by atoms with E-state index in [0.717, 1.165) is 23.5 Å². The van der Waals surface area contributed by atoms with Gasteiger partial charge in [0.25, 0.3) is 0 Å². The number of pyridine rings is 1. The van der Waals surface area contributed by atoms with Crippen LogP contribution in [0.5, 0.6) is 0 Å². The maximum atomic E-state index is 5.39. The SMILES string of the molecule is CCCCc1ccc(-n2c(-c3ccncc3)n[nH]c2=S)cc1. The highest BCUT2D eigenvalue weighted by atomic mass is 32.1. The highest BCUT2D eigenvalue weighted by molar-refractivity contribution is 7.71. The van der Waals surface area contributed by atoms with Crippen LogP contribution in [0.25, 0.3) is 17.1 Å². The summed E-state index contributed by atoms with van der Waals surface area (Å²) in [4.78, 5) is 4.05. The lowest BCUT2D eigenvalue weighted by Crippen LogP contribution is -1.98. The lowest BCUT2D eigenvalue weighted by molar-refractivity contribution is 0.795. The molecular weight excluding hydrogens is 292 g/mol. The fraction of sp³-hybridized carbons (Fsp3) is 0.235. The van der Waals surface area contributed by atoms with E-state index in [2.05, 4.69) is 46.4 Å². The Morgan fingerprint density at radius 1 is 1.09 bits per heavy atom. The molecule has 0 saturated carbocycles. The average Bonchev–Trinajstić information content (AvgIpc) is 2.96. The molecule has 0 radical (unpaired) electrons. The van der Waals surface area contributed by atoms with E-state index in [1.54, 1.807) is 12.4 Å². The number of aryl methyl sites for hydroxylation is 1. The molecule has 1 N–H and O–H groups in total. The second kappa shape index (κ2) is 6.66. The predicted molar refractivity (Wildman–Crippen MR) is 90.6 cm³/mol. The summed E-state index contributed by atoms with van der Waals surface area (Å²) in [5.41, 5.74) is 3.36. The third-order valence-corrected chi connectivity index (χ3v) is 3.90. The number of nitrogens with one attached hydrogen (secondary N) is 1. The van der Waals surface area contributed by atoms with Crippen molar-refractivity contribution >= 4 is 12.2 Å². The lowest BCUT2D eigenvalue weighted by Gasteiger charge is -2.08. The molecule has 0 saturated heterocycles. The Labute approximate surface area is 134 Å². The summed E-state index contributed by atoms with van der Waals surface area (Å²) < 4.78 is 2.54. The van der Waals surface area contributed by atoms with Gasteiger partial charge in [0.2, 0.25) is 0 Å². The average molecular weight is 310 g/mol. The third-order valence-electron chi connectivity index (χ3n) is 3.62. The minimum absolute atomic E-state index is 0.591. The number of aromatic nitrogens is 4. The second-order valence-corrected chi connectivity index (χ2v) is 5.58. The molecule has 5 heteroatoms. The first kappa shape index (κ1) is 14.7. The molecule has 4 nitrogen and oxygen atoms in total. The van der Waals surface area contributed by atoms with E-state index in [1.165, 1.54) is 18.4 Å². The number of nitrogens with zero attached hydrogens (tertiary/aromatic N) is 3. The zero-order valence-corrected chi connectivity index (χ0v) is 13.3. The van der Waals surface area contributed by atoms with Gasteiger partial charge in [-0.1, -0.05) is 25.5 Å². The summed E-state index contributed by atoms with van der Waals surface area (Å²) >= 11 is 5.39. The van der Waals surface area contributed by atoms with Crippen LogP contribution >= 0.6 is 12.2 Å². The maximum absolute atomic E-state index is 5.39. The van der Waals surface area contributed by atoms with Crippen LogP contribution in [0.1, 0.15) is 25.3 Å². The van der Waals surface area contributed by atoms with Crippen molar-refractivity contribution in [2.75, 3.05) is 0 Å². The Morgan fingerprint density at radius 3 is 2.50 bits per heavy atom. The molecule has 3 rings (SSSR count). The van der Waals surface area contributed by atoms with Gasteiger partial charge in [-0.05, 0) is 54.9 Å². The monoisotopic (exact) mass is 310 g/mol.